The van der Waals surface area contributed by atoms with Gasteiger partial charge in [-0.15, -0.1) is 0 Å². The lowest BCUT2D eigenvalue weighted by Crippen LogP contribution is -2.32. The van der Waals surface area contributed by atoms with Crippen LogP contribution >= 0.6 is 0 Å². The molecule has 2 rings (SSSR count). The molecule has 2 unspecified atom stereocenters. The summed E-state index contributed by atoms with van der Waals surface area (Å²) >= 11 is 0. The topological polar surface area (TPSA) is 46.5 Å². The Morgan fingerprint density at radius 2 is 1.81 bits per heavy atom. The van der Waals surface area contributed by atoms with Crippen molar-refractivity contribution in [3.8, 4) is 0 Å². The molecule has 0 aromatic heterocycles. The van der Waals surface area contributed by atoms with E-state index in [1.807, 2.05) is 0 Å². The standard InChI is InChI=1S/C10H9F3O3/c1-8-3-4-9(2,16-8)6(10(11,12)13)5(8)7(14)15/h3-4H,1-2H3,(H,14,15). The van der Waals surface area contributed by atoms with Gasteiger partial charge in [-0.2, -0.15) is 13.2 Å². The van der Waals surface area contributed by atoms with Crippen molar-refractivity contribution < 1.29 is 27.8 Å². The average Bonchev–Trinajstić information content (AvgIpc) is 2.48. The van der Waals surface area contributed by atoms with Crippen LogP contribution in [0.4, 0.5) is 13.2 Å². The van der Waals surface area contributed by atoms with Crippen molar-refractivity contribution in [1.82, 2.24) is 0 Å². The van der Waals surface area contributed by atoms with E-state index in [0.29, 0.717) is 0 Å². The van der Waals surface area contributed by atoms with Crippen molar-refractivity contribution in [2.24, 2.45) is 0 Å². The highest BCUT2D eigenvalue weighted by molar-refractivity contribution is 5.93. The number of carboxylic acid groups (broad SMARTS) is 1. The molecule has 0 saturated heterocycles. The number of carbonyl (C=O) groups is 1. The van der Waals surface area contributed by atoms with Gasteiger partial charge in [0.15, 0.2) is 0 Å². The lowest BCUT2D eigenvalue weighted by atomic mass is 9.83. The van der Waals surface area contributed by atoms with E-state index in [1.165, 1.54) is 26.0 Å². The molecule has 0 radical (unpaired) electrons. The Balaban J connectivity index is 2.69. The van der Waals surface area contributed by atoms with E-state index < -0.39 is 34.5 Å². The number of ether oxygens (including phenoxy) is 1. The van der Waals surface area contributed by atoms with Crippen LogP contribution in [0.25, 0.3) is 0 Å². The van der Waals surface area contributed by atoms with Gasteiger partial charge < -0.3 is 9.84 Å². The summed E-state index contributed by atoms with van der Waals surface area (Å²) in [7, 11) is 0. The molecule has 6 heteroatoms. The fraction of sp³-hybridized carbons (Fsp3) is 0.500. The van der Waals surface area contributed by atoms with Gasteiger partial charge in [-0.05, 0) is 26.0 Å². The van der Waals surface area contributed by atoms with Gasteiger partial charge in [-0.3, -0.25) is 0 Å². The molecule has 2 bridgehead atoms. The summed E-state index contributed by atoms with van der Waals surface area (Å²) in [5.41, 5.74) is -4.99. The van der Waals surface area contributed by atoms with Gasteiger partial charge in [0, 0.05) is 0 Å². The third-order valence-electron chi connectivity index (χ3n) is 2.88. The molecule has 3 nitrogen and oxygen atoms in total. The number of hydrogen-bond donors (Lipinski definition) is 1. The van der Waals surface area contributed by atoms with Gasteiger partial charge in [0.05, 0.1) is 11.1 Å². The molecular weight excluding hydrogens is 225 g/mol. The lowest BCUT2D eigenvalue weighted by molar-refractivity contribution is -0.134. The van der Waals surface area contributed by atoms with Crippen LogP contribution in [-0.4, -0.2) is 28.5 Å². The van der Waals surface area contributed by atoms with E-state index in [1.54, 1.807) is 0 Å². The van der Waals surface area contributed by atoms with Crippen molar-refractivity contribution in [1.29, 1.82) is 0 Å². The van der Waals surface area contributed by atoms with Crippen LogP contribution in [0, 0.1) is 0 Å². The van der Waals surface area contributed by atoms with Crippen LogP contribution in [0.1, 0.15) is 13.8 Å². The molecule has 88 valence electrons. The maximum atomic E-state index is 12.8. The van der Waals surface area contributed by atoms with E-state index in [-0.39, 0.29) is 0 Å². The van der Waals surface area contributed by atoms with Crippen LogP contribution in [0.5, 0.6) is 0 Å². The minimum atomic E-state index is -4.70. The van der Waals surface area contributed by atoms with Crippen LogP contribution in [0.2, 0.25) is 0 Å². The zero-order valence-corrected chi connectivity index (χ0v) is 8.55. The minimum Gasteiger partial charge on any atom is -0.478 e. The monoisotopic (exact) mass is 234 g/mol. The summed E-state index contributed by atoms with van der Waals surface area (Å²) in [6.07, 6.45) is -2.10. The Kier molecular flexibility index (Phi) is 1.88. The molecule has 0 fully saturated rings. The predicted molar refractivity (Wildman–Crippen MR) is 47.8 cm³/mol. The third-order valence-corrected chi connectivity index (χ3v) is 2.88. The summed E-state index contributed by atoms with van der Waals surface area (Å²) in [4.78, 5) is 10.9. The van der Waals surface area contributed by atoms with Crippen LogP contribution < -0.4 is 0 Å². The van der Waals surface area contributed by atoms with Gasteiger partial charge in [0.25, 0.3) is 0 Å². The Morgan fingerprint density at radius 1 is 1.31 bits per heavy atom. The van der Waals surface area contributed by atoms with E-state index in [4.69, 9.17) is 9.84 Å². The number of carboxylic acids is 1. The van der Waals surface area contributed by atoms with Gasteiger partial charge in [0.1, 0.15) is 11.2 Å². The van der Waals surface area contributed by atoms with Crippen molar-refractivity contribution in [3.05, 3.63) is 23.3 Å². The Morgan fingerprint density at radius 3 is 2.19 bits per heavy atom. The molecule has 2 aliphatic rings. The zero-order valence-electron chi connectivity index (χ0n) is 8.55. The molecular formula is C10H9F3O3. The number of fused-ring (bicyclic) bond motifs is 2. The smallest absolute Gasteiger partial charge is 0.416 e. The first-order valence-electron chi connectivity index (χ1n) is 4.56. The molecule has 16 heavy (non-hydrogen) atoms. The number of halogens is 3. The van der Waals surface area contributed by atoms with E-state index in [9.17, 15) is 18.0 Å². The Hall–Kier alpha value is -1.30. The van der Waals surface area contributed by atoms with E-state index in [0.717, 1.165) is 0 Å². The van der Waals surface area contributed by atoms with Gasteiger partial charge in [-0.1, -0.05) is 0 Å². The maximum absolute atomic E-state index is 12.8. The number of hydrogen-bond acceptors (Lipinski definition) is 2. The molecule has 0 saturated carbocycles. The molecule has 0 aromatic carbocycles. The Bertz CT molecular complexity index is 435. The summed E-state index contributed by atoms with van der Waals surface area (Å²) in [6, 6.07) is 0. The van der Waals surface area contributed by atoms with E-state index >= 15 is 0 Å². The van der Waals surface area contributed by atoms with Crippen molar-refractivity contribution >= 4 is 5.97 Å². The molecule has 2 heterocycles. The first-order valence-corrected chi connectivity index (χ1v) is 4.56. The van der Waals surface area contributed by atoms with Crippen molar-refractivity contribution in [2.45, 2.75) is 31.2 Å². The van der Waals surface area contributed by atoms with Crippen LogP contribution in [0.15, 0.2) is 23.3 Å². The average molecular weight is 234 g/mol. The van der Waals surface area contributed by atoms with Crippen LogP contribution in [0.3, 0.4) is 0 Å². The third kappa shape index (κ3) is 1.22. The molecule has 0 spiro atoms. The first-order chi connectivity index (χ1) is 7.10. The van der Waals surface area contributed by atoms with Gasteiger partial charge in [-0.25, -0.2) is 4.79 Å². The lowest BCUT2D eigenvalue weighted by Gasteiger charge is -2.23. The summed E-state index contributed by atoms with van der Waals surface area (Å²) in [6.45, 7) is 2.53. The molecule has 0 amide bonds. The number of alkyl halides is 3. The quantitative estimate of drug-likeness (QED) is 0.706. The zero-order chi connectivity index (χ0) is 12.4. The van der Waals surface area contributed by atoms with Crippen LogP contribution in [-0.2, 0) is 9.53 Å². The maximum Gasteiger partial charge on any atom is 0.416 e. The van der Waals surface area contributed by atoms with E-state index in [2.05, 4.69) is 0 Å². The van der Waals surface area contributed by atoms with Gasteiger partial charge >= 0.3 is 12.1 Å². The SMILES string of the molecule is CC12C=CC(C)(O1)C(C(F)(F)F)=C2C(=O)O. The molecule has 0 aliphatic carbocycles. The largest absolute Gasteiger partial charge is 0.478 e. The predicted octanol–water partition coefficient (Wildman–Crippen LogP) is 2.05. The Labute approximate surface area is 89.2 Å². The first kappa shape index (κ1) is 11.2. The fourth-order valence-corrected chi connectivity index (χ4v) is 2.33. The summed E-state index contributed by atoms with van der Waals surface area (Å²) in [5.74, 6) is -1.59. The van der Waals surface area contributed by atoms with Crippen molar-refractivity contribution in [2.75, 3.05) is 0 Å². The highest BCUT2D eigenvalue weighted by atomic mass is 19.4. The normalized spacial score (nSPS) is 37.3. The second-order valence-electron chi connectivity index (χ2n) is 4.20. The van der Waals surface area contributed by atoms with Gasteiger partial charge in [0.2, 0.25) is 0 Å². The highest BCUT2D eigenvalue weighted by Crippen LogP contribution is 2.54. The second kappa shape index (κ2) is 2.68. The molecule has 1 N–H and O–H groups in total. The second-order valence-corrected chi connectivity index (χ2v) is 4.20. The molecule has 2 atom stereocenters. The molecule has 2 aliphatic heterocycles. The fourth-order valence-electron chi connectivity index (χ4n) is 2.33. The van der Waals surface area contributed by atoms with Crippen molar-refractivity contribution in [3.63, 3.8) is 0 Å². The summed E-state index contributed by atoms with van der Waals surface area (Å²) < 4.78 is 43.6. The highest BCUT2D eigenvalue weighted by Gasteiger charge is 2.62. The minimum absolute atomic E-state index is 0.718. The summed E-state index contributed by atoms with van der Waals surface area (Å²) in [5, 5.41) is 8.88. The molecule has 0 aromatic rings. The number of rotatable bonds is 1. The number of aliphatic carboxylic acids is 1.